The van der Waals surface area contributed by atoms with Gasteiger partial charge in [-0.15, -0.1) is 11.3 Å². The Bertz CT molecular complexity index is 856. The van der Waals surface area contributed by atoms with Crippen LogP contribution in [0.15, 0.2) is 45.6 Å². The number of hydrogen-bond acceptors (Lipinski definition) is 4. The molecule has 2 rings (SSSR count). The second-order valence-corrected chi connectivity index (χ2v) is 9.80. The van der Waals surface area contributed by atoms with Gasteiger partial charge in [0.25, 0.3) is 10.0 Å². The summed E-state index contributed by atoms with van der Waals surface area (Å²) in [5.41, 5.74) is 2.44. The number of rotatable bonds is 6. The van der Waals surface area contributed by atoms with Crippen molar-refractivity contribution in [3.8, 4) is 0 Å². The van der Waals surface area contributed by atoms with Crippen LogP contribution in [0.1, 0.15) is 16.0 Å². The van der Waals surface area contributed by atoms with Gasteiger partial charge in [-0.1, -0.05) is 29.8 Å². The van der Waals surface area contributed by atoms with Gasteiger partial charge in [0.1, 0.15) is 4.21 Å². The quantitative estimate of drug-likeness (QED) is 0.604. The van der Waals surface area contributed by atoms with Crippen LogP contribution in [0.2, 0.25) is 0 Å². The molecule has 0 aliphatic heterocycles. The third-order valence-electron chi connectivity index (χ3n) is 3.91. The first-order valence-electron chi connectivity index (χ1n) is 8.22. The average molecular weight is 395 g/mol. The van der Waals surface area contributed by atoms with Gasteiger partial charge in [-0.25, -0.2) is 12.7 Å². The van der Waals surface area contributed by atoms with Crippen LogP contribution in [0.3, 0.4) is 0 Å². The van der Waals surface area contributed by atoms with Gasteiger partial charge in [-0.3, -0.25) is 4.99 Å². The van der Waals surface area contributed by atoms with Crippen LogP contribution in [0.5, 0.6) is 0 Å². The van der Waals surface area contributed by atoms with Crippen LogP contribution >= 0.6 is 11.3 Å². The Balaban J connectivity index is 1.98. The summed E-state index contributed by atoms with van der Waals surface area (Å²) in [6, 6.07) is 11.9. The van der Waals surface area contributed by atoms with Crippen LogP contribution in [0, 0.1) is 6.92 Å². The molecule has 0 aliphatic rings. The molecule has 2 aromatic rings. The lowest BCUT2D eigenvalue weighted by molar-refractivity contribution is 0.477. The van der Waals surface area contributed by atoms with Gasteiger partial charge in [0, 0.05) is 39.6 Å². The minimum atomic E-state index is -3.38. The number of sulfonamides is 1. The minimum Gasteiger partial charge on any atom is -0.351 e. The SMILES string of the molecule is CN=C(NCc1ccc(S(=O)(=O)N(C)C)s1)N(C)Cc1ccc(C)cc1. The van der Waals surface area contributed by atoms with Crippen molar-refractivity contribution in [1.82, 2.24) is 14.5 Å². The highest BCUT2D eigenvalue weighted by atomic mass is 32.2. The number of aliphatic imine (C=N–C) groups is 1. The Hall–Kier alpha value is -1.90. The van der Waals surface area contributed by atoms with Gasteiger partial charge in [-0.2, -0.15) is 0 Å². The summed E-state index contributed by atoms with van der Waals surface area (Å²) in [4.78, 5) is 7.29. The molecule has 8 heteroatoms. The van der Waals surface area contributed by atoms with Crippen molar-refractivity contribution in [1.29, 1.82) is 0 Å². The van der Waals surface area contributed by atoms with E-state index < -0.39 is 10.0 Å². The Morgan fingerprint density at radius 3 is 2.35 bits per heavy atom. The summed E-state index contributed by atoms with van der Waals surface area (Å²) >= 11 is 1.27. The molecule has 1 N–H and O–H groups in total. The number of nitrogens with one attached hydrogen (secondary N) is 1. The Kier molecular flexibility index (Phi) is 6.80. The molecule has 26 heavy (non-hydrogen) atoms. The van der Waals surface area contributed by atoms with Gasteiger partial charge in [-0.05, 0) is 24.6 Å². The zero-order valence-electron chi connectivity index (χ0n) is 15.9. The van der Waals surface area contributed by atoms with Crippen molar-refractivity contribution in [2.75, 3.05) is 28.2 Å². The molecule has 1 aromatic carbocycles. The van der Waals surface area contributed by atoms with E-state index >= 15 is 0 Å². The first kappa shape index (κ1) is 20.4. The Morgan fingerprint density at radius 1 is 1.12 bits per heavy atom. The molecule has 0 radical (unpaired) electrons. The largest absolute Gasteiger partial charge is 0.351 e. The topological polar surface area (TPSA) is 65.0 Å². The molecule has 0 saturated heterocycles. The smallest absolute Gasteiger partial charge is 0.252 e. The van der Waals surface area contributed by atoms with Gasteiger partial charge >= 0.3 is 0 Å². The summed E-state index contributed by atoms with van der Waals surface area (Å²) in [6.07, 6.45) is 0. The van der Waals surface area contributed by atoms with E-state index in [4.69, 9.17) is 0 Å². The molecular formula is C18H26N4O2S2. The molecule has 142 valence electrons. The van der Waals surface area contributed by atoms with Gasteiger partial charge in [0.15, 0.2) is 5.96 Å². The maximum absolute atomic E-state index is 12.2. The standard InChI is InChI=1S/C18H26N4O2S2/c1-14-6-8-15(9-7-14)13-22(5)18(19-2)20-12-16-10-11-17(25-16)26(23,24)21(3)4/h6-11H,12-13H2,1-5H3,(H,19,20). The third-order valence-corrected chi connectivity index (χ3v) is 7.27. The number of aryl methyl sites for hydroxylation is 1. The van der Waals surface area contributed by atoms with Crippen molar-refractivity contribution in [2.45, 2.75) is 24.2 Å². The van der Waals surface area contributed by atoms with Crippen LogP contribution in [-0.4, -0.2) is 51.8 Å². The lowest BCUT2D eigenvalue weighted by Crippen LogP contribution is -2.37. The lowest BCUT2D eigenvalue weighted by Gasteiger charge is -2.22. The average Bonchev–Trinajstić information content (AvgIpc) is 3.07. The van der Waals surface area contributed by atoms with Crippen molar-refractivity contribution >= 4 is 27.3 Å². The summed E-state index contributed by atoms with van der Waals surface area (Å²) in [7, 11) is 3.41. The maximum Gasteiger partial charge on any atom is 0.252 e. The molecule has 0 atom stereocenters. The number of nitrogens with zero attached hydrogens (tertiary/aromatic N) is 3. The van der Waals surface area contributed by atoms with E-state index in [-0.39, 0.29) is 0 Å². The Morgan fingerprint density at radius 2 is 1.77 bits per heavy atom. The predicted molar refractivity (Wildman–Crippen MR) is 108 cm³/mol. The van der Waals surface area contributed by atoms with E-state index in [0.717, 1.165) is 17.4 Å². The molecular weight excluding hydrogens is 368 g/mol. The molecule has 0 aliphatic carbocycles. The van der Waals surface area contributed by atoms with Crippen molar-refractivity contribution in [3.63, 3.8) is 0 Å². The molecule has 0 amide bonds. The van der Waals surface area contributed by atoms with Crippen molar-refractivity contribution in [3.05, 3.63) is 52.4 Å². The number of benzene rings is 1. The summed E-state index contributed by atoms with van der Waals surface area (Å²) in [6.45, 7) is 3.34. The van der Waals surface area contributed by atoms with Crippen LogP contribution in [-0.2, 0) is 23.1 Å². The second kappa shape index (κ2) is 8.66. The monoisotopic (exact) mass is 394 g/mol. The first-order chi connectivity index (χ1) is 12.2. The molecule has 0 saturated carbocycles. The van der Waals surface area contributed by atoms with Gasteiger partial charge in [0.2, 0.25) is 0 Å². The second-order valence-electron chi connectivity index (χ2n) is 6.25. The number of guanidine groups is 1. The third kappa shape index (κ3) is 5.06. The molecule has 0 fully saturated rings. The first-order valence-corrected chi connectivity index (χ1v) is 10.5. The lowest BCUT2D eigenvalue weighted by atomic mass is 10.1. The molecule has 0 bridgehead atoms. The summed E-state index contributed by atoms with van der Waals surface area (Å²) in [5.74, 6) is 0.760. The van der Waals surface area contributed by atoms with Gasteiger partial charge < -0.3 is 10.2 Å². The minimum absolute atomic E-state index is 0.349. The molecule has 6 nitrogen and oxygen atoms in total. The summed E-state index contributed by atoms with van der Waals surface area (Å²) in [5, 5.41) is 3.29. The van der Waals surface area contributed by atoms with E-state index in [0.29, 0.717) is 10.8 Å². The van der Waals surface area contributed by atoms with Crippen LogP contribution in [0.25, 0.3) is 0 Å². The van der Waals surface area contributed by atoms with E-state index in [1.165, 1.54) is 40.9 Å². The summed E-state index contributed by atoms with van der Waals surface area (Å²) < 4.78 is 25.9. The molecule has 0 spiro atoms. The number of thiophene rings is 1. The Labute approximate surface area is 160 Å². The molecule has 1 aromatic heterocycles. The fourth-order valence-corrected chi connectivity index (χ4v) is 4.83. The van der Waals surface area contributed by atoms with E-state index in [1.54, 1.807) is 13.1 Å². The van der Waals surface area contributed by atoms with E-state index in [9.17, 15) is 8.42 Å². The van der Waals surface area contributed by atoms with E-state index in [2.05, 4.69) is 41.5 Å². The highest BCUT2D eigenvalue weighted by Crippen LogP contribution is 2.23. The zero-order valence-corrected chi connectivity index (χ0v) is 17.5. The number of hydrogen-bond donors (Lipinski definition) is 1. The van der Waals surface area contributed by atoms with Crippen molar-refractivity contribution < 1.29 is 8.42 Å². The predicted octanol–water partition coefficient (Wildman–Crippen LogP) is 2.51. The fraction of sp³-hybridized carbons (Fsp3) is 0.389. The van der Waals surface area contributed by atoms with Crippen LogP contribution in [0.4, 0.5) is 0 Å². The van der Waals surface area contributed by atoms with E-state index in [1.807, 2.05) is 18.0 Å². The maximum atomic E-state index is 12.2. The normalized spacial score (nSPS) is 12.5. The highest BCUT2D eigenvalue weighted by molar-refractivity contribution is 7.91. The fourth-order valence-electron chi connectivity index (χ4n) is 2.36. The highest BCUT2D eigenvalue weighted by Gasteiger charge is 2.19. The van der Waals surface area contributed by atoms with Crippen molar-refractivity contribution in [2.24, 2.45) is 4.99 Å². The molecule has 0 unspecified atom stereocenters. The van der Waals surface area contributed by atoms with Gasteiger partial charge in [0.05, 0.1) is 6.54 Å². The zero-order chi connectivity index (χ0) is 19.3. The van der Waals surface area contributed by atoms with Crippen LogP contribution < -0.4 is 5.32 Å². The molecule has 1 heterocycles.